The van der Waals surface area contributed by atoms with Crippen LogP contribution in [0.2, 0.25) is 0 Å². The third-order valence-electron chi connectivity index (χ3n) is 3.42. The van der Waals surface area contributed by atoms with Crippen LogP contribution in [0.1, 0.15) is 51.9 Å². The monoisotopic (exact) mass is 240 g/mol. The van der Waals surface area contributed by atoms with E-state index in [-0.39, 0.29) is 0 Å². The Balaban J connectivity index is 2.32. The van der Waals surface area contributed by atoms with Gasteiger partial charge in [0.05, 0.1) is 5.71 Å². The average Bonchev–Trinajstić information content (AvgIpc) is 2.33. The molecule has 0 saturated heterocycles. The predicted octanol–water partition coefficient (Wildman–Crippen LogP) is 3.30. The van der Waals surface area contributed by atoms with Crippen LogP contribution in [0.5, 0.6) is 0 Å². The molecule has 0 aromatic carbocycles. The van der Waals surface area contributed by atoms with Gasteiger partial charge >= 0.3 is 0 Å². The maximum absolute atomic E-state index is 5.44. The van der Waals surface area contributed by atoms with Crippen LogP contribution >= 0.6 is 0 Å². The van der Waals surface area contributed by atoms with Gasteiger partial charge in [-0.2, -0.15) is 0 Å². The largest absolute Gasteiger partial charge is 0.394 e. The van der Waals surface area contributed by atoms with E-state index in [1.54, 1.807) is 0 Å². The van der Waals surface area contributed by atoms with E-state index in [4.69, 9.17) is 4.84 Å². The zero-order valence-electron chi connectivity index (χ0n) is 11.7. The number of likely N-dealkylation sites (N-methyl/N-ethyl adjacent to an activating group) is 1. The fraction of sp³-hybridized carbons (Fsp3) is 0.929. The van der Waals surface area contributed by atoms with Gasteiger partial charge in [0.1, 0.15) is 6.61 Å². The normalized spacial score (nSPS) is 23.3. The van der Waals surface area contributed by atoms with E-state index in [0.29, 0.717) is 12.5 Å². The molecule has 1 rings (SSSR count). The van der Waals surface area contributed by atoms with E-state index in [1.807, 2.05) is 0 Å². The number of nitrogens with zero attached hydrogens (tertiary/aromatic N) is 2. The van der Waals surface area contributed by atoms with Crippen molar-refractivity contribution in [2.75, 3.05) is 27.2 Å². The second-order valence-corrected chi connectivity index (χ2v) is 5.30. The summed E-state index contributed by atoms with van der Waals surface area (Å²) in [5.74, 6) is 0.697. The molecule has 0 aromatic heterocycles. The van der Waals surface area contributed by atoms with Crippen LogP contribution in [0.4, 0.5) is 0 Å². The molecule has 17 heavy (non-hydrogen) atoms. The maximum Gasteiger partial charge on any atom is 0.129 e. The highest BCUT2D eigenvalue weighted by molar-refractivity contribution is 5.86. The predicted molar refractivity (Wildman–Crippen MR) is 73.4 cm³/mol. The molecular weight excluding hydrogens is 212 g/mol. The van der Waals surface area contributed by atoms with Crippen LogP contribution in [0.3, 0.4) is 0 Å². The van der Waals surface area contributed by atoms with Crippen molar-refractivity contribution in [2.45, 2.75) is 51.9 Å². The molecule has 0 amide bonds. The Morgan fingerprint density at radius 1 is 1.35 bits per heavy atom. The van der Waals surface area contributed by atoms with Crippen molar-refractivity contribution in [1.29, 1.82) is 0 Å². The van der Waals surface area contributed by atoms with Gasteiger partial charge in [0, 0.05) is 12.5 Å². The van der Waals surface area contributed by atoms with E-state index in [1.165, 1.54) is 44.2 Å². The van der Waals surface area contributed by atoms with E-state index < -0.39 is 0 Å². The van der Waals surface area contributed by atoms with Gasteiger partial charge in [-0.3, -0.25) is 0 Å². The Labute approximate surface area is 106 Å². The summed E-state index contributed by atoms with van der Waals surface area (Å²) in [5, 5.41) is 4.38. The van der Waals surface area contributed by atoms with Gasteiger partial charge < -0.3 is 9.74 Å². The molecule has 1 unspecified atom stereocenters. The quantitative estimate of drug-likeness (QED) is 0.504. The van der Waals surface area contributed by atoms with Gasteiger partial charge in [0.25, 0.3) is 0 Å². The molecule has 100 valence electrons. The highest BCUT2D eigenvalue weighted by Gasteiger charge is 2.20. The smallest absolute Gasteiger partial charge is 0.129 e. The van der Waals surface area contributed by atoms with E-state index in [2.05, 4.69) is 31.1 Å². The van der Waals surface area contributed by atoms with Gasteiger partial charge in [0.15, 0.2) is 0 Å². The van der Waals surface area contributed by atoms with Crippen LogP contribution in [0.25, 0.3) is 0 Å². The number of hydrogen-bond donors (Lipinski definition) is 0. The molecule has 1 saturated carbocycles. The highest BCUT2D eigenvalue weighted by atomic mass is 16.6. The molecule has 0 aromatic rings. The van der Waals surface area contributed by atoms with Gasteiger partial charge in [0.2, 0.25) is 0 Å². The van der Waals surface area contributed by atoms with Gasteiger partial charge in [-0.25, -0.2) is 0 Å². The summed E-state index contributed by atoms with van der Waals surface area (Å²) in [4.78, 5) is 7.56. The Kier molecular flexibility index (Phi) is 7.25. The lowest BCUT2D eigenvalue weighted by Crippen LogP contribution is -2.21. The molecular formula is C14H28N2O. The Morgan fingerprint density at radius 2 is 2.18 bits per heavy atom. The van der Waals surface area contributed by atoms with E-state index in [0.717, 1.165) is 13.0 Å². The summed E-state index contributed by atoms with van der Waals surface area (Å²) < 4.78 is 0. The number of hydrogen-bond acceptors (Lipinski definition) is 3. The molecule has 1 aliphatic rings. The first kappa shape index (κ1) is 14.5. The fourth-order valence-electron chi connectivity index (χ4n) is 2.30. The minimum atomic E-state index is 0.697. The molecule has 0 heterocycles. The minimum Gasteiger partial charge on any atom is -0.394 e. The first-order chi connectivity index (χ1) is 8.24. The van der Waals surface area contributed by atoms with Crippen molar-refractivity contribution in [1.82, 2.24) is 4.90 Å². The second-order valence-electron chi connectivity index (χ2n) is 5.30. The van der Waals surface area contributed by atoms with Crippen LogP contribution in [0.15, 0.2) is 5.16 Å². The van der Waals surface area contributed by atoms with Crippen LogP contribution in [-0.2, 0) is 4.84 Å². The van der Waals surface area contributed by atoms with Crippen LogP contribution < -0.4 is 0 Å². The Bertz CT molecular complexity index is 226. The fourth-order valence-corrected chi connectivity index (χ4v) is 2.30. The van der Waals surface area contributed by atoms with Crippen molar-refractivity contribution in [3.8, 4) is 0 Å². The van der Waals surface area contributed by atoms with Gasteiger partial charge in [-0.1, -0.05) is 31.3 Å². The third kappa shape index (κ3) is 6.06. The zero-order valence-corrected chi connectivity index (χ0v) is 11.7. The summed E-state index contributed by atoms with van der Waals surface area (Å²) in [6, 6.07) is 0. The van der Waals surface area contributed by atoms with E-state index in [9.17, 15) is 0 Å². The second kappa shape index (κ2) is 8.51. The highest BCUT2D eigenvalue weighted by Crippen LogP contribution is 2.26. The number of oxime groups is 1. The minimum absolute atomic E-state index is 0.697. The SMILES string of the molecule is CCCCC1CCCCC1=NOCCN(C)C. The standard InChI is InChI=1S/C14H28N2O/c1-4-5-8-13-9-6-7-10-14(13)15-17-12-11-16(2)3/h13H,4-12H2,1-3H3. The van der Waals surface area contributed by atoms with Crippen molar-refractivity contribution < 1.29 is 4.84 Å². The topological polar surface area (TPSA) is 24.8 Å². The average molecular weight is 240 g/mol. The molecule has 1 aliphatic carbocycles. The van der Waals surface area contributed by atoms with Crippen molar-refractivity contribution >= 4 is 5.71 Å². The van der Waals surface area contributed by atoms with Gasteiger partial charge in [-0.15, -0.1) is 0 Å². The molecule has 0 spiro atoms. The summed E-state index contributed by atoms with van der Waals surface area (Å²) in [7, 11) is 4.11. The molecule has 0 radical (unpaired) electrons. The Hall–Kier alpha value is -0.570. The lowest BCUT2D eigenvalue weighted by atomic mass is 9.84. The van der Waals surface area contributed by atoms with Crippen molar-refractivity contribution in [3.63, 3.8) is 0 Å². The van der Waals surface area contributed by atoms with Gasteiger partial charge in [-0.05, 0) is 39.8 Å². The molecule has 0 N–H and O–H groups in total. The molecule has 1 fully saturated rings. The number of rotatable bonds is 7. The molecule has 1 atom stereocenters. The Morgan fingerprint density at radius 3 is 2.88 bits per heavy atom. The summed E-state index contributed by atoms with van der Waals surface area (Å²) in [5.41, 5.74) is 1.32. The lowest BCUT2D eigenvalue weighted by Gasteiger charge is -2.23. The molecule has 0 aliphatic heterocycles. The van der Waals surface area contributed by atoms with Crippen LogP contribution in [0, 0.1) is 5.92 Å². The molecule has 3 heteroatoms. The first-order valence-corrected chi connectivity index (χ1v) is 7.07. The zero-order chi connectivity index (χ0) is 12.5. The maximum atomic E-state index is 5.44. The summed E-state index contributed by atoms with van der Waals surface area (Å²) >= 11 is 0. The van der Waals surface area contributed by atoms with Crippen molar-refractivity contribution in [3.05, 3.63) is 0 Å². The third-order valence-corrected chi connectivity index (χ3v) is 3.42. The lowest BCUT2D eigenvalue weighted by molar-refractivity contribution is 0.123. The van der Waals surface area contributed by atoms with Crippen LogP contribution in [-0.4, -0.2) is 37.9 Å². The van der Waals surface area contributed by atoms with E-state index >= 15 is 0 Å². The summed E-state index contributed by atoms with van der Waals surface area (Å²) in [6.07, 6.45) is 9.02. The molecule has 0 bridgehead atoms. The first-order valence-electron chi connectivity index (χ1n) is 7.07. The summed E-state index contributed by atoms with van der Waals surface area (Å²) in [6.45, 7) is 3.90. The van der Waals surface area contributed by atoms with Crippen molar-refractivity contribution in [2.24, 2.45) is 11.1 Å². The molecule has 3 nitrogen and oxygen atoms in total. The number of unbranched alkanes of at least 4 members (excludes halogenated alkanes) is 1.